The van der Waals surface area contributed by atoms with Crippen LogP contribution in [0.15, 0.2) is 18.2 Å². The molecule has 7 heteroatoms. The second-order valence-electron chi connectivity index (χ2n) is 5.07. The van der Waals surface area contributed by atoms with Gasteiger partial charge in [-0.3, -0.25) is 14.5 Å². The van der Waals surface area contributed by atoms with Crippen molar-refractivity contribution in [3.8, 4) is 0 Å². The lowest BCUT2D eigenvalue weighted by atomic mass is 10.1. The van der Waals surface area contributed by atoms with Gasteiger partial charge in [0.15, 0.2) is 0 Å². The van der Waals surface area contributed by atoms with Crippen LogP contribution in [-0.2, 0) is 9.59 Å². The van der Waals surface area contributed by atoms with Gasteiger partial charge in [0.1, 0.15) is 0 Å². The molecule has 2 N–H and O–H groups in total. The molecule has 0 bridgehead atoms. The number of aryl methyl sites for hydroxylation is 1. The number of carboxylic acids is 1. The first-order valence-corrected chi connectivity index (χ1v) is 6.84. The van der Waals surface area contributed by atoms with Crippen LogP contribution in [0, 0.1) is 12.8 Å². The highest BCUT2D eigenvalue weighted by Gasteiger charge is 2.28. The Morgan fingerprint density at radius 3 is 2.76 bits per heavy atom. The fourth-order valence-corrected chi connectivity index (χ4v) is 2.56. The standard InChI is InChI=1S/C14H17ClN2O3.ClH/c1-9-6-11(15)2-3-12(9)16-13(18)8-17-5-4-10(7-17)14(19)20;/h2-3,6,10H,4-5,7-8H2,1H3,(H,16,18)(H,19,20);1H. The van der Waals surface area contributed by atoms with Gasteiger partial charge >= 0.3 is 5.97 Å². The number of hydrogen-bond donors (Lipinski definition) is 2. The van der Waals surface area contributed by atoms with Gasteiger partial charge in [0.05, 0.1) is 12.5 Å². The predicted octanol–water partition coefficient (Wildman–Crippen LogP) is 2.42. The number of carbonyl (C=O) groups is 2. The molecule has 1 amide bonds. The van der Waals surface area contributed by atoms with Crippen LogP contribution in [0.1, 0.15) is 12.0 Å². The quantitative estimate of drug-likeness (QED) is 0.888. The maximum Gasteiger partial charge on any atom is 0.307 e. The summed E-state index contributed by atoms with van der Waals surface area (Å²) in [5.41, 5.74) is 1.63. The Morgan fingerprint density at radius 1 is 1.48 bits per heavy atom. The highest BCUT2D eigenvalue weighted by atomic mass is 35.5. The number of nitrogens with zero attached hydrogens (tertiary/aromatic N) is 1. The summed E-state index contributed by atoms with van der Waals surface area (Å²) in [5.74, 6) is -1.29. The van der Waals surface area contributed by atoms with Gasteiger partial charge in [-0.15, -0.1) is 12.4 Å². The molecule has 1 aliphatic heterocycles. The normalized spacial score (nSPS) is 18.1. The number of carbonyl (C=O) groups excluding carboxylic acids is 1. The van der Waals surface area contributed by atoms with Crippen molar-refractivity contribution in [1.82, 2.24) is 4.90 Å². The Labute approximate surface area is 134 Å². The Kier molecular flexibility index (Phi) is 6.45. The molecule has 1 unspecified atom stereocenters. The number of likely N-dealkylation sites (tertiary alicyclic amines) is 1. The number of nitrogens with one attached hydrogen (secondary N) is 1. The van der Waals surface area contributed by atoms with Gasteiger partial charge in [-0.05, 0) is 43.7 Å². The minimum Gasteiger partial charge on any atom is -0.481 e. The highest BCUT2D eigenvalue weighted by Crippen LogP contribution is 2.20. The molecule has 1 aromatic rings. The van der Waals surface area contributed by atoms with Gasteiger partial charge in [-0.2, -0.15) is 0 Å². The summed E-state index contributed by atoms with van der Waals surface area (Å²) >= 11 is 5.86. The Bertz CT molecular complexity index is 537. The summed E-state index contributed by atoms with van der Waals surface area (Å²) in [6.45, 7) is 3.16. The van der Waals surface area contributed by atoms with Crippen molar-refractivity contribution in [2.75, 3.05) is 25.0 Å². The summed E-state index contributed by atoms with van der Waals surface area (Å²) in [6, 6.07) is 5.27. The Morgan fingerprint density at radius 2 is 2.19 bits per heavy atom. The number of carboxylic acid groups (broad SMARTS) is 1. The molecule has 2 rings (SSSR count). The molecule has 0 radical (unpaired) electrons. The monoisotopic (exact) mass is 332 g/mol. The lowest BCUT2D eigenvalue weighted by Crippen LogP contribution is -2.32. The minimum absolute atomic E-state index is 0. The molecule has 0 saturated carbocycles. The van der Waals surface area contributed by atoms with Crippen LogP contribution in [0.3, 0.4) is 0 Å². The van der Waals surface area contributed by atoms with Crippen molar-refractivity contribution < 1.29 is 14.7 Å². The average Bonchev–Trinajstić information content (AvgIpc) is 2.81. The maximum atomic E-state index is 11.9. The smallest absolute Gasteiger partial charge is 0.307 e. The molecule has 5 nitrogen and oxygen atoms in total. The SMILES string of the molecule is Cc1cc(Cl)ccc1NC(=O)CN1CCC(C(=O)O)C1.Cl. The van der Waals surface area contributed by atoms with E-state index in [1.807, 2.05) is 11.8 Å². The van der Waals surface area contributed by atoms with Gasteiger partial charge < -0.3 is 10.4 Å². The van der Waals surface area contributed by atoms with Crippen LogP contribution in [0.4, 0.5) is 5.69 Å². The summed E-state index contributed by atoms with van der Waals surface area (Å²) < 4.78 is 0. The number of benzene rings is 1. The fraction of sp³-hybridized carbons (Fsp3) is 0.429. The largest absolute Gasteiger partial charge is 0.481 e. The molecule has 1 aliphatic rings. The molecular weight excluding hydrogens is 315 g/mol. The van der Waals surface area contributed by atoms with E-state index in [1.165, 1.54) is 0 Å². The average molecular weight is 333 g/mol. The summed E-state index contributed by atoms with van der Waals surface area (Å²) in [6.07, 6.45) is 0.600. The Balaban J connectivity index is 0.00000220. The topological polar surface area (TPSA) is 69.6 Å². The van der Waals surface area contributed by atoms with Gasteiger partial charge in [-0.25, -0.2) is 0 Å². The molecule has 1 fully saturated rings. The van der Waals surface area contributed by atoms with Crippen LogP contribution in [0.2, 0.25) is 5.02 Å². The highest BCUT2D eigenvalue weighted by molar-refractivity contribution is 6.30. The lowest BCUT2D eigenvalue weighted by molar-refractivity contribution is -0.141. The van der Waals surface area contributed by atoms with Crippen LogP contribution < -0.4 is 5.32 Å². The van der Waals surface area contributed by atoms with Gasteiger partial charge in [0.25, 0.3) is 0 Å². The van der Waals surface area contributed by atoms with Crippen molar-refractivity contribution in [2.24, 2.45) is 5.92 Å². The van der Waals surface area contributed by atoms with Crippen molar-refractivity contribution in [2.45, 2.75) is 13.3 Å². The number of amides is 1. The van der Waals surface area contributed by atoms with E-state index in [9.17, 15) is 9.59 Å². The first-order chi connectivity index (χ1) is 9.45. The number of aliphatic carboxylic acids is 1. The third-order valence-electron chi connectivity index (χ3n) is 3.45. The van der Waals surface area contributed by atoms with Crippen molar-refractivity contribution in [3.05, 3.63) is 28.8 Å². The van der Waals surface area contributed by atoms with Crippen LogP contribution in [0.25, 0.3) is 0 Å². The lowest BCUT2D eigenvalue weighted by Gasteiger charge is -2.15. The zero-order valence-electron chi connectivity index (χ0n) is 11.6. The van der Waals surface area contributed by atoms with Crippen LogP contribution >= 0.6 is 24.0 Å². The maximum absolute atomic E-state index is 11.9. The summed E-state index contributed by atoms with van der Waals surface area (Å²) in [5, 5.41) is 12.4. The first kappa shape index (κ1) is 17.8. The molecule has 1 heterocycles. The molecule has 1 atom stereocenters. The molecule has 1 aromatic carbocycles. The predicted molar refractivity (Wildman–Crippen MR) is 84.2 cm³/mol. The van der Waals surface area contributed by atoms with E-state index in [1.54, 1.807) is 18.2 Å². The fourth-order valence-electron chi connectivity index (χ4n) is 2.34. The number of halogens is 2. The second-order valence-corrected chi connectivity index (χ2v) is 5.50. The van der Waals surface area contributed by atoms with Crippen LogP contribution in [0.5, 0.6) is 0 Å². The van der Waals surface area contributed by atoms with E-state index in [0.29, 0.717) is 24.5 Å². The van der Waals surface area contributed by atoms with E-state index >= 15 is 0 Å². The van der Waals surface area contributed by atoms with E-state index in [-0.39, 0.29) is 30.8 Å². The molecule has 0 spiro atoms. The van der Waals surface area contributed by atoms with Gasteiger partial charge in [-0.1, -0.05) is 11.6 Å². The van der Waals surface area contributed by atoms with Gasteiger partial charge in [0, 0.05) is 17.3 Å². The summed E-state index contributed by atoms with van der Waals surface area (Å²) in [7, 11) is 0. The number of anilines is 1. The number of rotatable bonds is 4. The van der Waals surface area contributed by atoms with Crippen molar-refractivity contribution in [3.63, 3.8) is 0 Å². The third kappa shape index (κ3) is 4.88. The molecule has 0 aromatic heterocycles. The third-order valence-corrected chi connectivity index (χ3v) is 3.69. The summed E-state index contributed by atoms with van der Waals surface area (Å²) in [4.78, 5) is 24.7. The van der Waals surface area contributed by atoms with E-state index in [2.05, 4.69) is 5.32 Å². The molecule has 116 valence electrons. The van der Waals surface area contributed by atoms with Gasteiger partial charge in [0.2, 0.25) is 5.91 Å². The zero-order valence-corrected chi connectivity index (χ0v) is 13.2. The molecule has 21 heavy (non-hydrogen) atoms. The Hall–Kier alpha value is -1.30. The second kappa shape index (κ2) is 7.64. The minimum atomic E-state index is -0.790. The molecule has 1 saturated heterocycles. The van der Waals surface area contributed by atoms with E-state index in [0.717, 1.165) is 11.3 Å². The van der Waals surface area contributed by atoms with E-state index in [4.69, 9.17) is 16.7 Å². The molecule has 0 aliphatic carbocycles. The van der Waals surface area contributed by atoms with Crippen molar-refractivity contribution >= 4 is 41.6 Å². The van der Waals surface area contributed by atoms with Crippen LogP contribution in [-0.4, -0.2) is 41.5 Å². The molecular formula is C14H18Cl2N2O3. The zero-order chi connectivity index (χ0) is 14.7. The first-order valence-electron chi connectivity index (χ1n) is 6.47. The van der Waals surface area contributed by atoms with Crippen molar-refractivity contribution in [1.29, 1.82) is 0 Å². The number of hydrogen-bond acceptors (Lipinski definition) is 3. The van der Waals surface area contributed by atoms with E-state index < -0.39 is 5.97 Å².